The van der Waals surface area contributed by atoms with Gasteiger partial charge in [0.15, 0.2) is 5.60 Å². The lowest BCUT2D eigenvalue weighted by Crippen LogP contribution is -2.44. The lowest BCUT2D eigenvalue weighted by atomic mass is 9.78. The molecule has 0 saturated carbocycles. The summed E-state index contributed by atoms with van der Waals surface area (Å²) in [5.41, 5.74) is -1.39. The summed E-state index contributed by atoms with van der Waals surface area (Å²) in [6.45, 7) is 5.71. The van der Waals surface area contributed by atoms with Crippen LogP contribution in [0.25, 0.3) is 0 Å². The number of carbonyl (C=O) groups excluding carboxylic acids is 1. The Balaban J connectivity index is 2.71. The van der Waals surface area contributed by atoms with Crippen LogP contribution in [0.1, 0.15) is 33.6 Å². The molecule has 0 aliphatic heterocycles. The molecule has 1 aliphatic carbocycles. The number of carbonyl (C=O) groups is 1. The molecular weight excluding hydrogens is 192 g/mol. The number of esters is 1. The lowest BCUT2D eigenvalue weighted by molar-refractivity contribution is -0.167. The summed E-state index contributed by atoms with van der Waals surface area (Å²) in [4.78, 5) is 11.6. The molecule has 0 aromatic carbocycles. The smallest absolute Gasteiger partial charge is 0.338 e. The third kappa shape index (κ3) is 2.81. The van der Waals surface area contributed by atoms with Crippen molar-refractivity contribution in [3.05, 3.63) is 12.2 Å². The fraction of sp³-hybridized carbons (Fsp3) is 0.750. The minimum absolute atomic E-state index is 0.125. The summed E-state index contributed by atoms with van der Waals surface area (Å²) in [5.74, 6) is -0.130. The average molecular weight is 212 g/mol. The SMILES string of the molecule is CCOC(=O)[C@@](C)(O)[C@@H]1C=CCC(C)C1. The van der Waals surface area contributed by atoms with Crippen molar-refractivity contribution in [3.8, 4) is 0 Å². The molecule has 1 aliphatic rings. The first-order valence-corrected chi connectivity index (χ1v) is 5.54. The van der Waals surface area contributed by atoms with E-state index in [1.807, 2.05) is 12.2 Å². The molecule has 86 valence electrons. The molecule has 1 N–H and O–H groups in total. The van der Waals surface area contributed by atoms with Gasteiger partial charge in [0, 0.05) is 5.92 Å². The highest BCUT2D eigenvalue weighted by Gasteiger charge is 2.40. The molecule has 0 saturated heterocycles. The Bertz CT molecular complexity index is 256. The molecule has 0 amide bonds. The minimum Gasteiger partial charge on any atom is -0.464 e. The minimum atomic E-state index is -1.39. The number of aliphatic hydroxyl groups is 1. The second kappa shape index (κ2) is 4.79. The molecule has 1 unspecified atom stereocenters. The van der Waals surface area contributed by atoms with Crippen LogP contribution in [0.3, 0.4) is 0 Å². The van der Waals surface area contributed by atoms with Gasteiger partial charge in [-0.1, -0.05) is 19.1 Å². The van der Waals surface area contributed by atoms with Gasteiger partial charge in [-0.25, -0.2) is 4.79 Å². The fourth-order valence-electron chi connectivity index (χ4n) is 1.93. The van der Waals surface area contributed by atoms with Crippen molar-refractivity contribution < 1.29 is 14.6 Å². The van der Waals surface area contributed by atoms with E-state index in [0.29, 0.717) is 12.5 Å². The first-order valence-electron chi connectivity index (χ1n) is 5.54. The van der Waals surface area contributed by atoms with Crippen molar-refractivity contribution >= 4 is 5.97 Å². The van der Waals surface area contributed by atoms with E-state index in [9.17, 15) is 9.90 Å². The summed E-state index contributed by atoms with van der Waals surface area (Å²) in [6, 6.07) is 0. The van der Waals surface area contributed by atoms with Gasteiger partial charge in [-0.05, 0) is 32.6 Å². The second-order valence-corrected chi connectivity index (χ2v) is 4.48. The molecule has 0 radical (unpaired) electrons. The van der Waals surface area contributed by atoms with E-state index < -0.39 is 11.6 Å². The number of ether oxygens (including phenoxy) is 1. The first-order chi connectivity index (χ1) is 6.98. The van der Waals surface area contributed by atoms with Gasteiger partial charge >= 0.3 is 5.97 Å². The Labute approximate surface area is 91.1 Å². The van der Waals surface area contributed by atoms with E-state index in [-0.39, 0.29) is 5.92 Å². The van der Waals surface area contributed by atoms with Crippen molar-refractivity contribution in [2.75, 3.05) is 6.61 Å². The van der Waals surface area contributed by atoms with E-state index in [1.54, 1.807) is 6.92 Å². The Hall–Kier alpha value is -0.830. The molecule has 15 heavy (non-hydrogen) atoms. The van der Waals surface area contributed by atoms with E-state index in [0.717, 1.165) is 12.8 Å². The Morgan fingerprint density at radius 2 is 2.33 bits per heavy atom. The van der Waals surface area contributed by atoms with Crippen LogP contribution in [0, 0.1) is 11.8 Å². The summed E-state index contributed by atoms with van der Waals surface area (Å²) < 4.78 is 4.87. The maximum Gasteiger partial charge on any atom is 0.338 e. The molecule has 3 nitrogen and oxygen atoms in total. The van der Waals surface area contributed by atoms with Gasteiger partial charge in [0.05, 0.1) is 6.61 Å². The molecule has 0 spiro atoms. The Morgan fingerprint density at radius 3 is 2.87 bits per heavy atom. The van der Waals surface area contributed by atoms with Gasteiger partial charge in [-0.2, -0.15) is 0 Å². The highest BCUT2D eigenvalue weighted by atomic mass is 16.5. The van der Waals surface area contributed by atoms with Crippen LogP contribution in [0.2, 0.25) is 0 Å². The van der Waals surface area contributed by atoms with Crippen molar-refractivity contribution in [1.82, 2.24) is 0 Å². The van der Waals surface area contributed by atoms with Crippen LogP contribution in [-0.2, 0) is 9.53 Å². The zero-order valence-electron chi connectivity index (χ0n) is 9.69. The maximum absolute atomic E-state index is 11.6. The summed E-state index contributed by atoms with van der Waals surface area (Å²) >= 11 is 0. The monoisotopic (exact) mass is 212 g/mol. The second-order valence-electron chi connectivity index (χ2n) is 4.48. The summed E-state index contributed by atoms with van der Waals surface area (Å²) in [7, 11) is 0. The van der Waals surface area contributed by atoms with Gasteiger partial charge in [-0.3, -0.25) is 0 Å². The predicted molar refractivity (Wildman–Crippen MR) is 58.3 cm³/mol. The molecule has 1 rings (SSSR count). The number of hydrogen-bond donors (Lipinski definition) is 1. The zero-order chi connectivity index (χ0) is 11.5. The van der Waals surface area contributed by atoms with Crippen LogP contribution >= 0.6 is 0 Å². The standard InChI is InChI=1S/C12H20O3/c1-4-15-11(13)12(3,14)10-7-5-6-9(2)8-10/h5,7,9-10,14H,4,6,8H2,1-3H3/t9?,10-,12+/m1/s1. The van der Waals surface area contributed by atoms with E-state index in [1.165, 1.54) is 6.92 Å². The third-order valence-corrected chi connectivity index (χ3v) is 2.97. The van der Waals surface area contributed by atoms with Gasteiger partial charge in [0.2, 0.25) is 0 Å². The van der Waals surface area contributed by atoms with E-state index >= 15 is 0 Å². The van der Waals surface area contributed by atoms with Gasteiger partial charge < -0.3 is 9.84 Å². The molecule has 3 atom stereocenters. The van der Waals surface area contributed by atoms with Gasteiger partial charge in [0.25, 0.3) is 0 Å². The van der Waals surface area contributed by atoms with Crippen LogP contribution < -0.4 is 0 Å². The lowest BCUT2D eigenvalue weighted by Gasteiger charge is -2.32. The van der Waals surface area contributed by atoms with Crippen LogP contribution in [0.4, 0.5) is 0 Å². The van der Waals surface area contributed by atoms with Crippen molar-refractivity contribution in [3.63, 3.8) is 0 Å². The predicted octanol–water partition coefficient (Wildman–Crippen LogP) is 1.90. The van der Waals surface area contributed by atoms with E-state index in [2.05, 4.69) is 6.92 Å². The molecular formula is C12H20O3. The molecule has 0 aromatic rings. The van der Waals surface area contributed by atoms with Crippen molar-refractivity contribution in [1.29, 1.82) is 0 Å². The summed E-state index contributed by atoms with van der Waals surface area (Å²) in [5, 5.41) is 10.1. The number of rotatable bonds is 3. The molecule has 0 fully saturated rings. The maximum atomic E-state index is 11.6. The van der Waals surface area contributed by atoms with Crippen LogP contribution in [0.15, 0.2) is 12.2 Å². The fourth-order valence-corrected chi connectivity index (χ4v) is 1.93. The van der Waals surface area contributed by atoms with Gasteiger partial charge in [-0.15, -0.1) is 0 Å². The van der Waals surface area contributed by atoms with Crippen molar-refractivity contribution in [2.24, 2.45) is 11.8 Å². The van der Waals surface area contributed by atoms with Crippen LogP contribution in [-0.4, -0.2) is 23.3 Å². The van der Waals surface area contributed by atoms with Gasteiger partial charge in [0.1, 0.15) is 0 Å². The number of allylic oxidation sites excluding steroid dienone is 1. The topological polar surface area (TPSA) is 46.5 Å². The molecule has 0 heterocycles. The van der Waals surface area contributed by atoms with Crippen molar-refractivity contribution in [2.45, 2.75) is 39.2 Å². The highest BCUT2D eigenvalue weighted by Crippen LogP contribution is 2.31. The zero-order valence-corrected chi connectivity index (χ0v) is 9.69. The third-order valence-electron chi connectivity index (χ3n) is 2.97. The largest absolute Gasteiger partial charge is 0.464 e. The molecule has 0 aromatic heterocycles. The quantitative estimate of drug-likeness (QED) is 0.574. The summed E-state index contributed by atoms with van der Waals surface area (Å²) in [6.07, 6.45) is 5.82. The van der Waals surface area contributed by atoms with Crippen LogP contribution in [0.5, 0.6) is 0 Å². The number of hydrogen-bond acceptors (Lipinski definition) is 3. The highest BCUT2D eigenvalue weighted by molar-refractivity contribution is 5.79. The Morgan fingerprint density at radius 1 is 1.67 bits per heavy atom. The Kier molecular flexibility index (Phi) is 3.91. The molecule has 3 heteroatoms. The first kappa shape index (κ1) is 12.2. The normalized spacial score (nSPS) is 29.6. The van der Waals surface area contributed by atoms with E-state index in [4.69, 9.17) is 4.74 Å². The molecule has 0 bridgehead atoms. The average Bonchev–Trinajstić information content (AvgIpc) is 2.18.